The fourth-order valence-electron chi connectivity index (χ4n) is 4.02. The fraction of sp³-hybridized carbons (Fsp3) is 0.348. The lowest BCUT2D eigenvalue weighted by Crippen LogP contribution is -2.41. The lowest BCUT2D eigenvalue weighted by molar-refractivity contribution is -0.136. The van der Waals surface area contributed by atoms with E-state index in [1.54, 1.807) is 6.07 Å². The SMILES string of the molecule is C#Cc1cc(-c2ccc(CC(=O)O)c(F)c2)cc2c1OC(C)(C)CC2(C)C. The zero-order valence-electron chi connectivity index (χ0n) is 16.0. The van der Waals surface area contributed by atoms with Crippen molar-refractivity contribution in [3.8, 4) is 29.2 Å². The van der Waals surface area contributed by atoms with Gasteiger partial charge in [-0.15, -0.1) is 6.42 Å². The Labute approximate surface area is 159 Å². The molecule has 0 spiro atoms. The van der Waals surface area contributed by atoms with Crippen LogP contribution >= 0.6 is 0 Å². The predicted molar refractivity (Wildman–Crippen MR) is 103 cm³/mol. The maximum Gasteiger partial charge on any atom is 0.307 e. The minimum absolute atomic E-state index is 0.152. The van der Waals surface area contributed by atoms with Gasteiger partial charge in [0.2, 0.25) is 0 Å². The fourth-order valence-corrected chi connectivity index (χ4v) is 4.02. The average molecular weight is 366 g/mol. The molecule has 1 heterocycles. The summed E-state index contributed by atoms with van der Waals surface area (Å²) in [6, 6.07) is 8.42. The highest BCUT2D eigenvalue weighted by molar-refractivity contribution is 5.73. The van der Waals surface area contributed by atoms with Gasteiger partial charge in [0, 0.05) is 5.56 Å². The van der Waals surface area contributed by atoms with Gasteiger partial charge in [-0.25, -0.2) is 4.39 Å². The summed E-state index contributed by atoms with van der Waals surface area (Å²) in [5, 5.41) is 8.88. The topological polar surface area (TPSA) is 46.5 Å². The first kappa shape index (κ1) is 19.0. The third-order valence-corrected chi connectivity index (χ3v) is 4.95. The van der Waals surface area contributed by atoms with Crippen molar-refractivity contribution in [1.29, 1.82) is 0 Å². The van der Waals surface area contributed by atoms with E-state index in [0.29, 0.717) is 16.9 Å². The van der Waals surface area contributed by atoms with Crippen molar-refractivity contribution in [2.75, 3.05) is 0 Å². The molecule has 0 aromatic heterocycles. The molecule has 3 nitrogen and oxygen atoms in total. The molecule has 1 aliphatic heterocycles. The molecule has 27 heavy (non-hydrogen) atoms. The molecule has 0 amide bonds. The second kappa shape index (κ2) is 6.42. The van der Waals surface area contributed by atoms with Gasteiger partial charge in [-0.05, 0) is 60.6 Å². The van der Waals surface area contributed by atoms with Crippen LogP contribution in [-0.4, -0.2) is 16.7 Å². The van der Waals surface area contributed by atoms with Crippen molar-refractivity contribution >= 4 is 5.97 Å². The van der Waals surface area contributed by atoms with E-state index in [4.69, 9.17) is 16.3 Å². The van der Waals surface area contributed by atoms with Crippen molar-refractivity contribution in [1.82, 2.24) is 0 Å². The number of ether oxygens (including phenoxy) is 1. The summed E-state index contributed by atoms with van der Waals surface area (Å²) in [4.78, 5) is 10.8. The van der Waals surface area contributed by atoms with Crippen LogP contribution in [0.2, 0.25) is 0 Å². The number of aliphatic carboxylic acids is 1. The molecule has 0 aliphatic carbocycles. The molecule has 0 saturated carbocycles. The summed E-state index contributed by atoms with van der Waals surface area (Å²) in [6.07, 6.45) is 6.22. The largest absolute Gasteiger partial charge is 0.486 e. The Kier molecular flexibility index (Phi) is 4.51. The lowest BCUT2D eigenvalue weighted by atomic mass is 9.72. The van der Waals surface area contributed by atoms with Crippen LogP contribution in [0.4, 0.5) is 4.39 Å². The second-order valence-corrected chi connectivity index (χ2v) is 8.34. The molecule has 1 aliphatic rings. The van der Waals surface area contributed by atoms with Gasteiger partial charge in [0.05, 0.1) is 12.0 Å². The minimum Gasteiger partial charge on any atom is -0.486 e. The summed E-state index contributed by atoms with van der Waals surface area (Å²) in [5.74, 6) is 1.81. The predicted octanol–water partition coefficient (Wildman–Crippen LogP) is 4.94. The molecule has 4 heteroatoms. The van der Waals surface area contributed by atoms with Gasteiger partial charge in [-0.2, -0.15) is 0 Å². The van der Waals surface area contributed by atoms with Crippen LogP contribution in [0.1, 0.15) is 50.8 Å². The number of rotatable bonds is 3. The zero-order chi connectivity index (χ0) is 20.0. The molecule has 0 radical (unpaired) electrons. The Morgan fingerprint density at radius 1 is 1.22 bits per heavy atom. The standard InChI is InChI=1S/C23H23FO3/c1-6-14-9-17(15-7-8-16(12-20(25)26)19(24)11-15)10-18-21(14)27-23(4,5)13-22(18,2)3/h1,7-11H,12-13H2,2-5H3,(H,25,26). The van der Waals surface area contributed by atoms with Crippen LogP contribution < -0.4 is 4.74 Å². The van der Waals surface area contributed by atoms with Crippen molar-refractivity contribution in [3.63, 3.8) is 0 Å². The molecule has 0 atom stereocenters. The summed E-state index contributed by atoms with van der Waals surface area (Å²) < 4.78 is 20.5. The van der Waals surface area contributed by atoms with Crippen molar-refractivity contribution in [2.45, 2.75) is 51.6 Å². The van der Waals surface area contributed by atoms with E-state index in [1.165, 1.54) is 12.1 Å². The van der Waals surface area contributed by atoms with Crippen LogP contribution in [0, 0.1) is 18.2 Å². The van der Waals surface area contributed by atoms with Crippen molar-refractivity contribution in [3.05, 3.63) is 52.8 Å². The van der Waals surface area contributed by atoms with E-state index in [1.807, 2.05) is 26.0 Å². The number of halogens is 1. The Morgan fingerprint density at radius 3 is 2.52 bits per heavy atom. The summed E-state index contributed by atoms with van der Waals surface area (Å²) in [7, 11) is 0. The van der Waals surface area contributed by atoms with Crippen molar-refractivity contribution < 1.29 is 19.0 Å². The minimum atomic E-state index is -1.06. The molecule has 0 fully saturated rings. The van der Waals surface area contributed by atoms with Gasteiger partial charge < -0.3 is 9.84 Å². The molecule has 3 rings (SSSR count). The third kappa shape index (κ3) is 3.68. The summed E-state index contributed by atoms with van der Waals surface area (Å²) >= 11 is 0. The number of hydrogen-bond donors (Lipinski definition) is 1. The molecular weight excluding hydrogens is 343 g/mol. The number of terminal acetylenes is 1. The van der Waals surface area contributed by atoms with Crippen LogP contribution in [0.5, 0.6) is 5.75 Å². The normalized spacial score (nSPS) is 16.7. The highest BCUT2D eigenvalue weighted by Crippen LogP contribution is 2.47. The van der Waals surface area contributed by atoms with Crippen LogP contribution in [0.25, 0.3) is 11.1 Å². The summed E-state index contributed by atoms with van der Waals surface area (Å²) in [6.45, 7) is 8.39. The second-order valence-electron chi connectivity index (χ2n) is 8.34. The van der Waals surface area contributed by atoms with Gasteiger partial charge in [0.15, 0.2) is 0 Å². The van der Waals surface area contributed by atoms with Gasteiger partial charge in [-0.1, -0.05) is 31.9 Å². The Balaban J connectivity index is 2.13. The first-order valence-electron chi connectivity index (χ1n) is 8.87. The summed E-state index contributed by atoms with van der Waals surface area (Å²) in [5.41, 5.74) is 2.77. The average Bonchev–Trinajstić information content (AvgIpc) is 2.54. The third-order valence-electron chi connectivity index (χ3n) is 4.95. The molecular formula is C23H23FO3. The smallest absolute Gasteiger partial charge is 0.307 e. The van der Waals surface area contributed by atoms with E-state index >= 15 is 0 Å². The van der Waals surface area contributed by atoms with Gasteiger partial charge in [0.1, 0.15) is 17.2 Å². The highest BCUT2D eigenvalue weighted by Gasteiger charge is 2.40. The maximum atomic E-state index is 14.3. The highest BCUT2D eigenvalue weighted by atomic mass is 19.1. The first-order chi connectivity index (χ1) is 12.5. The van der Waals surface area contributed by atoms with E-state index in [-0.39, 0.29) is 23.0 Å². The molecule has 2 aromatic carbocycles. The molecule has 0 saturated heterocycles. The Morgan fingerprint density at radius 2 is 1.93 bits per heavy atom. The Bertz CT molecular complexity index is 964. The van der Waals surface area contributed by atoms with Crippen LogP contribution in [-0.2, 0) is 16.6 Å². The number of fused-ring (bicyclic) bond motifs is 1. The Hall–Kier alpha value is -2.80. The number of carboxylic acid groups (broad SMARTS) is 1. The maximum absolute atomic E-state index is 14.3. The molecule has 0 bridgehead atoms. The quantitative estimate of drug-likeness (QED) is 0.783. The number of carboxylic acids is 1. The number of carbonyl (C=O) groups is 1. The molecule has 1 N–H and O–H groups in total. The van der Waals surface area contributed by atoms with Gasteiger partial charge >= 0.3 is 5.97 Å². The van der Waals surface area contributed by atoms with Crippen LogP contribution in [0.15, 0.2) is 30.3 Å². The van der Waals surface area contributed by atoms with E-state index in [2.05, 4.69) is 19.8 Å². The van der Waals surface area contributed by atoms with E-state index < -0.39 is 11.8 Å². The number of benzene rings is 2. The van der Waals surface area contributed by atoms with E-state index in [0.717, 1.165) is 17.5 Å². The first-order valence-corrected chi connectivity index (χ1v) is 8.87. The molecule has 140 valence electrons. The van der Waals surface area contributed by atoms with Crippen LogP contribution in [0.3, 0.4) is 0 Å². The monoisotopic (exact) mass is 366 g/mol. The lowest BCUT2D eigenvalue weighted by Gasteiger charge is -2.43. The van der Waals surface area contributed by atoms with Gasteiger partial charge in [0.25, 0.3) is 0 Å². The zero-order valence-corrected chi connectivity index (χ0v) is 16.0. The van der Waals surface area contributed by atoms with E-state index in [9.17, 15) is 9.18 Å². The number of hydrogen-bond acceptors (Lipinski definition) is 2. The molecule has 0 unspecified atom stereocenters. The van der Waals surface area contributed by atoms with Crippen molar-refractivity contribution in [2.24, 2.45) is 0 Å². The van der Waals surface area contributed by atoms with Gasteiger partial charge in [-0.3, -0.25) is 4.79 Å². The molecule has 2 aromatic rings.